The van der Waals surface area contributed by atoms with Gasteiger partial charge < -0.3 is 20.0 Å². The number of fused-ring (bicyclic) bond motifs is 1. The third-order valence-corrected chi connectivity index (χ3v) is 3.56. The van der Waals surface area contributed by atoms with Crippen molar-refractivity contribution < 1.29 is 19.4 Å². The highest BCUT2D eigenvalue weighted by atomic mass is 16.6. The third-order valence-electron chi connectivity index (χ3n) is 3.56. The molecular weight excluding hydrogens is 270 g/mol. The number of carboxylic acids is 1. The van der Waals surface area contributed by atoms with Gasteiger partial charge in [-0.15, -0.1) is 0 Å². The molecule has 0 radical (unpaired) electrons. The SMILES string of the molecule is CC(C)(C)OC(=O)N[C@@]1(C(=O)[O-])CCc2ccccc2C1. The standard InChI is InChI=1S/C16H21NO4/c1-15(2,3)21-14(20)17-16(13(18)19)9-8-11-6-4-5-7-12(11)10-16/h4-7H,8-10H2,1-3H3,(H,17,20)(H,18,19)/p-1/t16-/m0/s1. The molecule has 0 aliphatic heterocycles. The molecule has 2 rings (SSSR count). The fraction of sp³-hybridized carbons (Fsp3) is 0.500. The third kappa shape index (κ3) is 3.54. The van der Waals surface area contributed by atoms with Gasteiger partial charge in [-0.05, 0) is 44.7 Å². The Kier molecular flexibility index (Phi) is 3.94. The topological polar surface area (TPSA) is 78.5 Å². The van der Waals surface area contributed by atoms with E-state index in [1.54, 1.807) is 20.8 Å². The molecular formula is C16H20NO4-. The second-order valence-electron chi connectivity index (χ2n) is 6.44. The Morgan fingerprint density at radius 3 is 2.43 bits per heavy atom. The van der Waals surface area contributed by atoms with Crippen LogP contribution in [0.4, 0.5) is 4.79 Å². The molecule has 0 fully saturated rings. The van der Waals surface area contributed by atoms with Crippen molar-refractivity contribution in [2.75, 3.05) is 0 Å². The van der Waals surface area contributed by atoms with E-state index in [0.29, 0.717) is 12.8 Å². The van der Waals surface area contributed by atoms with Crippen molar-refractivity contribution in [3.05, 3.63) is 35.4 Å². The summed E-state index contributed by atoms with van der Waals surface area (Å²) in [5.74, 6) is -1.28. The van der Waals surface area contributed by atoms with Crippen molar-refractivity contribution in [1.82, 2.24) is 5.32 Å². The lowest BCUT2D eigenvalue weighted by atomic mass is 9.78. The second-order valence-corrected chi connectivity index (χ2v) is 6.44. The zero-order chi connectivity index (χ0) is 15.7. The summed E-state index contributed by atoms with van der Waals surface area (Å²) in [5.41, 5.74) is -0.0510. The van der Waals surface area contributed by atoms with Gasteiger partial charge in [0.15, 0.2) is 0 Å². The molecule has 0 aromatic heterocycles. The smallest absolute Gasteiger partial charge is 0.408 e. The van der Waals surface area contributed by atoms with E-state index in [1.807, 2.05) is 24.3 Å². The first-order chi connectivity index (χ1) is 9.72. The first-order valence-corrected chi connectivity index (χ1v) is 7.01. The van der Waals surface area contributed by atoms with Gasteiger partial charge in [-0.25, -0.2) is 4.79 Å². The van der Waals surface area contributed by atoms with Gasteiger partial charge >= 0.3 is 6.09 Å². The molecule has 114 valence electrons. The van der Waals surface area contributed by atoms with E-state index >= 15 is 0 Å². The number of hydrogen-bond donors (Lipinski definition) is 1. The molecule has 1 aromatic rings. The van der Waals surface area contributed by atoms with E-state index in [0.717, 1.165) is 11.1 Å². The van der Waals surface area contributed by atoms with Crippen LogP contribution in [0.25, 0.3) is 0 Å². The molecule has 5 nitrogen and oxygen atoms in total. The maximum Gasteiger partial charge on any atom is 0.408 e. The largest absolute Gasteiger partial charge is 0.548 e. The molecule has 1 aliphatic carbocycles. The van der Waals surface area contributed by atoms with Crippen molar-refractivity contribution in [3.63, 3.8) is 0 Å². The van der Waals surface area contributed by atoms with Crippen LogP contribution in [-0.2, 0) is 22.4 Å². The normalized spacial score (nSPS) is 21.3. The number of nitrogens with one attached hydrogen (secondary N) is 1. The highest BCUT2D eigenvalue weighted by Crippen LogP contribution is 2.29. The van der Waals surface area contributed by atoms with Crippen LogP contribution < -0.4 is 10.4 Å². The zero-order valence-electron chi connectivity index (χ0n) is 12.6. The molecule has 0 saturated heterocycles. The summed E-state index contributed by atoms with van der Waals surface area (Å²) in [5, 5.41) is 14.1. The number of aliphatic carboxylic acids is 1. The molecule has 0 saturated carbocycles. The van der Waals surface area contributed by atoms with Crippen LogP contribution >= 0.6 is 0 Å². The second kappa shape index (κ2) is 5.39. The van der Waals surface area contributed by atoms with Gasteiger partial charge in [-0.3, -0.25) is 0 Å². The van der Waals surface area contributed by atoms with Gasteiger partial charge in [0.05, 0.1) is 11.5 Å². The number of carbonyl (C=O) groups excluding carboxylic acids is 2. The number of benzene rings is 1. The molecule has 1 amide bonds. The Balaban J connectivity index is 2.20. The number of carboxylic acid groups (broad SMARTS) is 1. The number of hydrogen-bond acceptors (Lipinski definition) is 4. The highest BCUT2D eigenvalue weighted by Gasteiger charge is 2.38. The Hall–Kier alpha value is -2.04. The predicted molar refractivity (Wildman–Crippen MR) is 75.6 cm³/mol. The van der Waals surface area contributed by atoms with E-state index in [2.05, 4.69) is 5.32 Å². The van der Waals surface area contributed by atoms with Crippen molar-refractivity contribution in [2.24, 2.45) is 0 Å². The quantitative estimate of drug-likeness (QED) is 0.887. The lowest BCUT2D eigenvalue weighted by Gasteiger charge is -2.40. The number of aryl methyl sites for hydroxylation is 1. The fourth-order valence-corrected chi connectivity index (χ4v) is 2.57. The number of rotatable bonds is 2. The van der Waals surface area contributed by atoms with Gasteiger partial charge in [0.2, 0.25) is 0 Å². The molecule has 0 spiro atoms. The van der Waals surface area contributed by atoms with Gasteiger partial charge in [0.25, 0.3) is 0 Å². The van der Waals surface area contributed by atoms with Crippen molar-refractivity contribution in [3.8, 4) is 0 Å². The number of amides is 1. The van der Waals surface area contributed by atoms with Crippen LogP contribution in [0.3, 0.4) is 0 Å². The summed E-state index contributed by atoms with van der Waals surface area (Å²) in [6, 6.07) is 7.63. The zero-order valence-corrected chi connectivity index (χ0v) is 12.6. The predicted octanol–water partition coefficient (Wildman–Crippen LogP) is 1.19. The highest BCUT2D eigenvalue weighted by molar-refractivity contribution is 5.84. The van der Waals surface area contributed by atoms with Crippen LogP contribution in [0.5, 0.6) is 0 Å². The molecule has 5 heteroatoms. The first kappa shape index (κ1) is 15.4. The summed E-state index contributed by atoms with van der Waals surface area (Å²) in [6.07, 6.45) is 0.363. The van der Waals surface area contributed by atoms with Gasteiger partial charge in [-0.2, -0.15) is 0 Å². The van der Waals surface area contributed by atoms with E-state index in [-0.39, 0.29) is 6.42 Å². The minimum atomic E-state index is -1.41. The average Bonchev–Trinajstić information content (AvgIpc) is 2.36. The minimum absolute atomic E-state index is 0.213. The van der Waals surface area contributed by atoms with E-state index in [4.69, 9.17) is 4.74 Å². The Morgan fingerprint density at radius 2 is 1.86 bits per heavy atom. The maximum atomic E-state index is 11.9. The van der Waals surface area contributed by atoms with Crippen LogP contribution in [0.2, 0.25) is 0 Å². The van der Waals surface area contributed by atoms with Crippen LogP contribution in [0.15, 0.2) is 24.3 Å². The van der Waals surface area contributed by atoms with Crippen LogP contribution in [0, 0.1) is 0 Å². The number of alkyl carbamates (subject to hydrolysis) is 1. The first-order valence-electron chi connectivity index (χ1n) is 7.01. The summed E-state index contributed by atoms with van der Waals surface area (Å²) < 4.78 is 5.16. The van der Waals surface area contributed by atoms with Crippen molar-refractivity contribution in [2.45, 2.75) is 51.2 Å². The number of ether oxygens (including phenoxy) is 1. The Labute approximate surface area is 124 Å². The summed E-state index contributed by atoms with van der Waals surface area (Å²) in [6.45, 7) is 5.19. The fourth-order valence-electron chi connectivity index (χ4n) is 2.57. The van der Waals surface area contributed by atoms with Gasteiger partial charge in [0, 0.05) is 6.42 Å². The lowest BCUT2D eigenvalue weighted by molar-refractivity contribution is -0.314. The summed E-state index contributed by atoms with van der Waals surface area (Å²) in [4.78, 5) is 23.5. The van der Waals surface area contributed by atoms with E-state index in [1.165, 1.54) is 0 Å². The average molecular weight is 290 g/mol. The Morgan fingerprint density at radius 1 is 1.24 bits per heavy atom. The minimum Gasteiger partial charge on any atom is -0.548 e. The lowest BCUT2D eigenvalue weighted by Crippen LogP contribution is -2.63. The number of carbonyl (C=O) groups is 2. The molecule has 0 bridgehead atoms. The molecule has 1 aromatic carbocycles. The van der Waals surface area contributed by atoms with E-state index in [9.17, 15) is 14.7 Å². The summed E-state index contributed by atoms with van der Waals surface area (Å²) in [7, 11) is 0. The van der Waals surface area contributed by atoms with Crippen LogP contribution in [-0.4, -0.2) is 23.2 Å². The van der Waals surface area contributed by atoms with Gasteiger partial charge in [-0.1, -0.05) is 24.3 Å². The monoisotopic (exact) mass is 290 g/mol. The summed E-state index contributed by atoms with van der Waals surface area (Å²) >= 11 is 0. The van der Waals surface area contributed by atoms with E-state index < -0.39 is 23.2 Å². The Bertz CT molecular complexity index is 562. The van der Waals surface area contributed by atoms with Crippen molar-refractivity contribution in [1.29, 1.82) is 0 Å². The molecule has 1 N–H and O–H groups in total. The van der Waals surface area contributed by atoms with Gasteiger partial charge in [0.1, 0.15) is 5.60 Å². The molecule has 1 atom stereocenters. The molecule has 21 heavy (non-hydrogen) atoms. The molecule has 0 heterocycles. The molecule has 0 unspecified atom stereocenters. The van der Waals surface area contributed by atoms with Crippen LogP contribution in [0.1, 0.15) is 38.3 Å². The maximum absolute atomic E-state index is 11.9. The van der Waals surface area contributed by atoms with Crippen molar-refractivity contribution >= 4 is 12.1 Å². The molecule has 1 aliphatic rings.